The maximum absolute atomic E-state index is 5.95. The van der Waals surface area contributed by atoms with E-state index in [1.54, 1.807) is 12.1 Å². The molecule has 0 saturated heterocycles. The highest BCUT2D eigenvalue weighted by Gasteiger charge is 2.06. The van der Waals surface area contributed by atoms with Crippen molar-refractivity contribution in [3.05, 3.63) is 57.1 Å². The molecule has 2 aromatic rings. The Hall–Kier alpha value is -1.38. The highest BCUT2D eigenvalue weighted by atomic mass is 35.5. The first kappa shape index (κ1) is 14.0. The third kappa shape index (κ3) is 3.55. The van der Waals surface area contributed by atoms with Gasteiger partial charge in [-0.05, 0) is 25.5 Å². The number of hydrogen-bond acceptors (Lipinski definition) is 2. The van der Waals surface area contributed by atoms with Crippen LogP contribution in [-0.2, 0) is 6.61 Å². The Morgan fingerprint density at radius 1 is 0.947 bits per heavy atom. The molecule has 2 nitrogen and oxygen atoms in total. The van der Waals surface area contributed by atoms with Gasteiger partial charge >= 0.3 is 0 Å². The van der Waals surface area contributed by atoms with Crippen LogP contribution in [-0.4, -0.2) is 0 Å². The predicted molar refractivity (Wildman–Crippen MR) is 81.1 cm³/mol. The third-order valence-corrected chi connectivity index (χ3v) is 3.45. The molecule has 4 heteroatoms. The minimum atomic E-state index is 0.429. The van der Waals surface area contributed by atoms with E-state index in [4.69, 9.17) is 33.7 Å². The molecular weight excluding hydrogens is 281 g/mol. The first-order valence-electron chi connectivity index (χ1n) is 5.90. The Morgan fingerprint density at radius 2 is 1.53 bits per heavy atom. The van der Waals surface area contributed by atoms with Crippen LogP contribution >= 0.6 is 23.2 Å². The summed E-state index contributed by atoms with van der Waals surface area (Å²) >= 11 is 11.8. The molecule has 0 atom stereocenters. The Balaban J connectivity index is 2.16. The van der Waals surface area contributed by atoms with Crippen LogP contribution in [0.1, 0.15) is 16.7 Å². The molecule has 0 aliphatic heterocycles. The summed E-state index contributed by atoms with van der Waals surface area (Å²) in [4.78, 5) is 0. The second-order valence-electron chi connectivity index (χ2n) is 4.59. The molecule has 0 saturated carbocycles. The van der Waals surface area contributed by atoms with Gasteiger partial charge in [0.2, 0.25) is 0 Å². The first-order valence-corrected chi connectivity index (χ1v) is 6.66. The summed E-state index contributed by atoms with van der Waals surface area (Å²) in [5.74, 6) is 0.550. The van der Waals surface area contributed by atoms with Crippen LogP contribution in [0.5, 0.6) is 5.75 Å². The average molecular weight is 296 g/mol. The van der Waals surface area contributed by atoms with Crippen LogP contribution in [0, 0.1) is 13.8 Å². The van der Waals surface area contributed by atoms with Crippen LogP contribution in [0.4, 0.5) is 5.69 Å². The van der Waals surface area contributed by atoms with E-state index in [1.165, 1.54) is 11.1 Å². The number of nitrogens with two attached hydrogens (primary N) is 1. The number of rotatable bonds is 3. The van der Waals surface area contributed by atoms with Crippen molar-refractivity contribution in [2.45, 2.75) is 20.5 Å². The van der Waals surface area contributed by atoms with Gasteiger partial charge in [0.05, 0.1) is 15.7 Å². The molecule has 100 valence electrons. The highest BCUT2D eigenvalue weighted by molar-refractivity contribution is 6.42. The molecule has 0 fully saturated rings. The van der Waals surface area contributed by atoms with Crippen LogP contribution < -0.4 is 10.5 Å². The Morgan fingerprint density at radius 3 is 2.16 bits per heavy atom. The van der Waals surface area contributed by atoms with Gasteiger partial charge in [0.25, 0.3) is 0 Å². The van der Waals surface area contributed by atoms with Gasteiger partial charge in [-0.2, -0.15) is 0 Å². The number of benzene rings is 2. The lowest BCUT2D eigenvalue weighted by Gasteiger charge is -2.11. The summed E-state index contributed by atoms with van der Waals surface area (Å²) in [6, 6.07) is 9.53. The monoisotopic (exact) mass is 295 g/mol. The summed E-state index contributed by atoms with van der Waals surface area (Å²) < 4.78 is 5.70. The molecule has 2 N–H and O–H groups in total. The second kappa shape index (κ2) is 5.72. The normalized spacial score (nSPS) is 10.5. The number of anilines is 1. The van der Waals surface area contributed by atoms with Gasteiger partial charge in [0.1, 0.15) is 12.4 Å². The van der Waals surface area contributed by atoms with Gasteiger partial charge in [-0.25, -0.2) is 0 Å². The van der Waals surface area contributed by atoms with Crippen LogP contribution in [0.15, 0.2) is 30.3 Å². The molecule has 0 heterocycles. The quantitative estimate of drug-likeness (QED) is 0.828. The van der Waals surface area contributed by atoms with E-state index in [2.05, 4.69) is 32.0 Å². The van der Waals surface area contributed by atoms with Crippen molar-refractivity contribution < 1.29 is 4.74 Å². The average Bonchev–Trinajstić information content (AvgIpc) is 2.31. The van der Waals surface area contributed by atoms with Crippen molar-refractivity contribution in [2.24, 2.45) is 0 Å². The van der Waals surface area contributed by atoms with Gasteiger partial charge in [-0.1, -0.05) is 52.5 Å². The van der Waals surface area contributed by atoms with Crippen molar-refractivity contribution in [3.8, 4) is 5.75 Å². The first-order chi connectivity index (χ1) is 8.95. The second-order valence-corrected chi connectivity index (χ2v) is 5.40. The van der Waals surface area contributed by atoms with Crippen LogP contribution in [0.3, 0.4) is 0 Å². The molecule has 2 rings (SSSR count). The molecular formula is C15H15Cl2NO. The largest absolute Gasteiger partial charge is 0.487 e. The van der Waals surface area contributed by atoms with E-state index in [0.717, 1.165) is 5.56 Å². The zero-order valence-electron chi connectivity index (χ0n) is 10.8. The van der Waals surface area contributed by atoms with Crippen molar-refractivity contribution >= 4 is 28.9 Å². The standard InChI is InChI=1S/C15H15Cl2NO/c1-9-3-10(2)5-11(4-9)8-19-15-7-13(17)12(16)6-14(15)18/h3-7H,8,18H2,1-2H3. The molecule has 2 aromatic carbocycles. The maximum Gasteiger partial charge on any atom is 0.144 e. The Bertz CT molecular complexity index is 591. The number of nitrogen functional groups attached to an aromatic ring is 1. The fraction of sp³-hybridized carbons (Fsp3) is 0.200. The van der Waals surface area contributed by atoms with Crippen LogP contribution in [0.2, 0.25) is 10.0 Å². The van der Waals surface area contributed by atoms with Gasteiger partial charge in [0, 0.05) is 6.07 Å². The molecule has 19 heavy (non-hydrogen) atoms. The molecule has 0 bridgehead atoms. The van der Waals surface area contributed by atoms with E-state index >= 15 is 0 Å². The zero-order chi connectivity index (χ0) is 14.0. The van der Waals surface area contributed by atoms with E-state index < -0.39 is 0 Å². The summed E-state index contributed by atoms with van der Waals surface area (Å²) in [5, 5.41) is 0.865. The summed E-state index contributed by atoms with van der Waals surface area (Å²) in [5.41, 5.74) is 9.85. The lowest BCUT2D eigenvalue weighted by atomic mass is 10.1. The summed E-state index contributed by atoms with van der Waals surface area (Å²) in [7, 11) is 0. The number of hydrogen-bond donors (Lipinski definition) is 1. The lowest BCUT2D eigenvalue weighted by molar-refractivity contribution is 0.308. The number of halogens is 2. The fourth-order valence-electron chi connectivity index (χ4n) is 1.98. The van der Waals surface area contributed by atoms with Crippen LogP contribution in [0.25, 0.3) is 0 Å². The molecule has 0 spiro atoms. The molecule has 0 amide bonds. The smallest absolute Gasteiger partial charge is 0.144 e. The van der Waals surface area contributed by atoms with Crippen molar-refractivity contribution in [3.63, 3.8) is 0 Å². The molecule has 0 aliphatic carbocycles. The van der Waals surface area contributed by atoms with Crippen molar-refractivity contribution in [1.29, 1.82) is 0 Å². The Labute approximate surface area is 123 Å². The van der Waals surface area contributed by atoms with E-state index in [9.17, 15) is 0 Å². The van der Waals surface area contributed by atoms with E-state index in [1.807, 2.05) is 0 Å². The highest BCUT2D eigenvalue weighted by Crippen LogP contribution is 2.32. The molecule has 0 aliphatic rings. The summed E-state index contributed by atoms with van der Waals surface area (Å²) in [6.07, 6.45) is 0. The lowest BCUT2D eigenvalue weighted by Crippen LogP contribution is -1.99. The number of aryl methyl sites for hydroxylation is 2. The molecule has 0 unspecified atom stereocenters. The minimum Gasteiger partial charge on any atom is -0.487 e. The molecule has 0 radical (unpaired) electrons. The van der Waals surface area contributed by atoms with Crippen molar-refractivity contribution in [2.75, 3.05) is 5.73 Å². The van der Waals surface area contributed by atoms with Gasteiger partial charge in [0.15, 0.2) is 0 Å². The zero-order valence-corrected chi connectivity index (χ0v) is 12.3. The fourth-order valence-corrected chi connectivity index (χ4v) is 2.31. The van der Waals surface area contributed by atoms with Gasteiger partial charge < -0.3 is 10.5 Å². The molecule has 0 aromatic heterocycles. The van der Waals surface area contributed by atoms with Gasteiger partial charge in [-0.3, -0.25) is 0 Å². The van der Waals surface area contributed by atoms with Crippen molar-refractivity contribution in [1.82, 2.24) is 0 Å². The summed E-state index contributed by atoms with van der Waals surface area (Å²) in [6.45, 7) is 4.57. The minimum absolute atomic E-state index is 0.429. The van der Waals surface area contributed by atoms with E-state index in [0.29, 0.717) is 28.1 Å². The SMILES string of the molecule is Cc1cc(C)cc(COc2cc(Cl)c(Cl)cc2N)c1. The topological polar surface area (TPSA) is 35.2 Å². The third-order valence-electron chi connectivity index (χ3n) is 2.73. The number of ether oxygens (including phenoxy) is 1. The predicted octanol–water partition coefficient (Wildman–Crippen LogP) is 4.77. The van der Waals surface area contributed by atoms with E-state index in [-0.39, 0.29) is 0 Å². The Kier molecular flexibility index (Phi) is 4.23. The van der Waals surface area contributed by atoms with Gasteiger partial charge in [-0.15, -0.1) is 0 Å². The maximum atomic E-state index is 5.95.